The molecule has 1 aromatic heterocycles. The highest BCUT2D eigenvalue weighted by Gasteiger charge is 2.09. The van der Waals surface area contributed by atoms with E-state index in [2.05, 4.69) is 25.4 Å². The van der Waals surface area contributed by atoms with Crippen LogP contribution in [0.25, 0.3) is 11.0 Å². The molecule has 0 aliphatic carbocycles. The van der Waals surface area contributed by atoms with Gasteiger partial charge in [-0.25, -0.2) is 4.79 Å². The number of aromatic nitrogens is 4. The third-order valence-electron chi connectivity index (χ3n) is 1.13. The van der Waals surface area contributed by atoms with Crippen molar-refractivity contribution in [3.8, 4) is 0 Å². The van der Waals surface area contributed by atoms with Crippen molar-refractivity contribution < 1.29 is 9.53 Å². The summed E-state index contributed by atoms with van der Waals surface area (Å²) in [5.74, 6) is 0.752. The van der Waals surface area contributed by atoms with E-state index in [4.69, 9.17) is 5.41 Å². The molecule has 0 amide bonds. The first kappa shape index (κ1) is 9.08. The molecule has 0 N–H and O–H groups in total. The van der Waals surface area contributed by atoms with Crippen LogP contribution in [0.1, 0.15) is 12.7 Å². The predicted octanol–water partition coefficient (Wildman–Crippen LogP) is -0.986. The fourth-order valence-corrected chi connectivity index (χ4v) is 0.635. The van der Waals surface area contributed by atoms with E-state index in [0.717, 1.165) is 0 Å². The topological polar surface area (TPSA) is 101 Å². The van der Waals surface area contributed by atoms with Crippen molar-refractivity contribution >= 4 is 17.4 Å². The summed E-state index contributed by atoms with van der Waals surface area (Å²) in [5, 5.41) is 21.6. The Labute approximate surface area is 73.3 Å². The monoisotopic (exact) mass is 179 g/mol. The lowest BCUT2D eigenvalue weighted by atomic mass is 10.3. The normalized spacial score (nSPS) is 9.00. The van der Waals surface area contributed by atoms with Gasteiger partial charge in [-0.15, -0.1) is 0 Å². The number of hydrogen-bond donors (Lipinski definition) is 0. The Morgan fingerprint density at radius 3 is 3.00 bits per heavy atom. The molecule has 0 spiro atoms. The number of ether oxygens (including phenoxy) is 1. The number of hydrogen-bond acceptors (Lipinski definition) is 5. The third-order valence-corrected chi connectivity index (χ3v) is 1.13. The van der Waals surface area contributed by atoms with Gasteiger partial charge in [0.15, 0.2) is 0 Å². The summed E-state index contributed by atoms with van der Waals surface area (Å²) in [6.07, 6.45) is 0. The molecule has 0 atom stereocenters. The zero-order valence-corrected chi connectivity index (χ0v) is 6.76. The summed E-state index contributed by atoms with van der Waals surface area (Å²) in [6.45, 7) is 1.82. The second-order valence-electron chi connectivity index (χ2n) is 1.91. The molecular weight excluding hydrogens is 174 g/mol. The lowest BCUT2D eigenvalue weighted by Gasteiger charge is -2.04. The maximum Gasteiger partial charge on any atom is 0.345 e. The molecule has 13 heavy (non-hydrogen) atoms. The van der Waals surface area contributed by atoms with Gasteiger partial charge in [0.2, 0.25) is 0 Å². The number of rotatable bonds is 3. The molecule has 7 heteroatoms. The molecule has 0 bridgehead atoms. The molecule has 0 unspecified atom stereocenters. The molecular formula is C6H5N5O2-2. The first-order valence-electron chi connectivity index (χ1n) is 3.42. The van der Waals surface area contributed by atoms with Crippen LogP contribution in [0.5, 0.6) is 0 Å². The van der Waals surface area contributed by atoms with Crippen molar-refractivity contribution in [1.29, 1.82) is 0 Å². The SMILES string of the molecule is CCOC(=O)C(=C=[N-])c1nnn[n-]1. The second kappa shape index (κ2) is 4.13. The highest BCUT2D eigenvalue weighted by molar-refractivity contribution is 6.25. The maximum atomic E-state index is 11.1. The van der Waals surface area contributed by atoms with Crippen LogP contribution in [-0.4, -0.2) is 34.0 Å². The minimum atomic E-state index is -0.764. The van der Waals surface area contributed by atoms with Crippen LogP contribution in [0.4, 0.5) is 0 Å². The Morgan fingerprint density at radius 1 is 1.77 bits per heavy atom. The van der Waals surface area contributed by atoms with E-state index in [1.807, 2.05) is 0 Å². The minimum absolute atomic E-state index is 0.110. The van der Waals surface area contributed by atoms with Crippen molar-refractivity contribution in [2.75, 3.05) is 6.61 Å². The minimum Gasteiger partial charge on any atom is -0.763 e. The fourth-order valence-electron chi connectivity index (χ4n) is 0.635. The van der Waals surface area contributed by atoms with Gasteiger partial charge in [0.1, 0.15) is 0 Å². The summed E-state index contributed by atoms with van der Waals surface area (Å²) >= 11 is 0. The average molecular weight is 179 g/mol. The highest BCUT2D eigenvalue weighted by Crippen LogP contribution is 2.04. The van der Waals surface area contributed by atoms with Crippen LogP contribution in [0.2, 0.25) is 0 Å². The molecule has 7 nitrogen and oxygen atoms in total. The van der Waals surface area contributed by atoms with Gasteiger partial charge in [0.05, 0.1) is 18.0 Å². The quantitative estimate of drug-likeness (QED) is 0.335. The van der Waals surface area contributed by atoms with Gasteiger partial charge >= 0.3 is 5.97 Å². The second-order valence-corrected chi connectivity index (χ2v) is 1.91. The standard InChI is InChI=1S/C6H5N5O2/c1-2-13-6(12)4(3-7)5-8-10-11-9-5/h2H2,1H3/q-2. The first-order chi connectivity index (χ1) is 6.29. The molecule has 0 aliphatic rings. The smallest absolute Gasteiger partial charge is 0.345 e. The third kappa shape index (κ3) is 1.97. The molecule has 68 valence electrons. The molecule has 1 heterocycles. The van der Waals surface area contributed by atoms with Crippen molar-refractivity contribution in [3.05, 3.63) is 11.2 Å². The van der Waals surface area contributed by atoms with Crippen LogP contribution >= 0.6 is 0 Å². The van der Waals surface area contributed by atoms with Crippen molar-refractivity contribution in [2.45, 2.75) is 6.92 Å². The zero-order valence-electron chi connectivity index (χ0n) is 6.76. The van der Waals surface area contributed by atoms with Gasteiger partial charge in [-0.1, -0.05) is 0 Å². The van der Waals surface area contributed by atoms with E-state index >= 15 is 0 Å². The van der Waals surface area contributed by atoms with Crippen LogP contribution < -0.4 is 5.10 Å². The molecule has 1 rings (SSSR count). The Balaban J connectivity index is 2.88. The Kier molecular flexibility index (Phi) is 2.88. The number of carbonyl (C=O) groups excluding carboxylic acids is 1. The number of tetrazole rings is 1. The van der Waals surface area contributed by atoms with Crippen molar-refractivity contribution in [2.24, 2.45) is 0 Å². The van der Waals surface area contributed by atoms with Gasteiger partial charge in [-0.3, -0.25) is 16.2 Å². The molecule has 1 aromatic rings. The summed E-state index contributed by atoms with van der Waals surface area (Å²) < 4.78 is 4.58. The van der Waals surface area contributed by atoms with Gasteiger partial charge in [-0.05, 0) is 6.92 Å². The van der Waals surface area contributed by atoms with Gasteiger partial charge in [0, 0.05) is 0 Å². The molecule has 0 aromatic carbocycles. The molecule has 0 aliphatic heterocycles. The zero-order chi connectivity index (χ0) is 9.68. The van der Waals surface area contributed by atoms with E-state index in [1.54, 1.807) is 12.8 Å². The van der Waals surface area contributed by atoms with Gasteiger partial charge < -0.3 is 15.2 Å². The summed E-state index contributed by atoms with van der Waals surface area (Å²) in [5.41, 5.74) is -0.285. The average Bonchev–Trinajstić information content (AvgIpc) is 2.59. The van der Waals surface area contributed by atoms with Crippen molar-refractivity contribution in [3.63, 3.8) is 0 Å². The van der Waals surface area contributed by atoms with Crippen LogP contribution in [-0.2, 0) is 9.53 Å². The van der Waals surface area contributed by atoms with E-state index in [-0.39, 0.29) is 18.0 Å². The largest absolute Gasteiger partial charge is 0.763 e. The van der Waals surface area contributed by atoms with E-state index < -0.39 is 5.97 Å². The van der Waals surface area contributed by atoms with Crippen molar-refractivity contribution in [1.82, 2.24) is 20.6 Å². The molecule has 0 saturated heterocycles. The number of nitrogens with zero attached hydrogens (tertiary/aromatic N) is 5. The summed E-state index contributed by atoms with van der Waals surface area (Å²) in [6, 6.07) is 0. The molecule has 0 fully saturated rings. The predicted molar refractivity (Wildman–Crippen MR) is 41.6 cm³/mol. The first-order valence-corrected chi connectivity index (χ1v) is 3.42. The van der Waals surface area contributed by atoms with Gasteiger partial charge in [0.25, 0.3) is 0 Å². The number of carbonyl (C=O) groups is 1. The number of esters is 1. The lowest BCUT2D eigenvalue weighted by Crippen LogP contribution is -2.09. The van der Waals surface area contributed by atoms with E-state index in [1.165, 1.54) is 0 Å². The van der Waals surface area contributed by atoms with E-state index in [0.29, 0.717) is 0 Å². The van der Waals surface area contributed by atoms with E-state index in [9.17, 15) is 4.79 Å². The van der Waals surface area contributed by atoms with Crippen LogP contribution in [0, 0.1) is 0 Å². The molecule has 0 saturated carbocycles. The Morgan fingerprint density at radius 2 is 2.54 bits per heavy atom. The van der Waals surface area contributed by atoms with Crippen LogP contribution in [0.15, 0.2) is 0 Å². The molecule has 0 radical (unpaired) electrons. The van der Waals surface area contributed by atoms with Crippen LogP contribution in [0.3, 0.4) is 0 Å². The summed E-state index contributed by atoms with van der Waals surface area (Å²) in [4.78, 5) is 11.1. The fraction of sp³-hybridized carbons (Fsp3) is 0.333. The Bertz CT molecular complexity index is 338. The van der Waals surface area contributed by atoms with Gasteiger partial charge in [-0.2, -0.15) is 5.21 Å². The summed E-state index contributed by atoms with van der Waals surface area (Å²) in [7, 11) is 0. The Hall–Kier alpha value is -2.01. The maximum absolute atomic E-state index is 11.1. The highest BCUT2D eigenvalue weighted by atomic mass is 16.5. The lowest BCUT2D eigenvalue weighted by molar-refractivity contribution is -0.136.